The van der Waals surface area contributed by atoms with Crippen LogP contribution >= 0.6 is 11.3 Å². The number of rotatable bonds is 5. The standard InChI is InChI=1S/C15H15FN4O2S/c16-9-3-1-8(2-4-9)13-12(19-15(18)23-13)14(22)20(7-11(17)21)10-5-6-10/h1-4,10H,5-7H2,(H2,17,21)(H2,18,19). The van der Waals surface area contributed by atoms with Gasteiger partial charge in [-0.3, -0.25) is 9.59 Å². The zero-order valence-electron chi connectivity index (χ0n) is 12.2. The molecule has 23 heavy (non-hydrogen) atoms. The van der Waals surface area contributed by atoms with E-state index >= 15 is 0 Å². The molecule has 1 saturated carbocycles. The molecule has 0 radical (unpaired) electrons. The van der Waals surface area contributed by atoms with Gasteiger partial charge in [-0.1, -0.05) is 23.5 Å². The fraction of sp³-hybridized carbons (Fsp3) is 0.267. The summed E-state index contributed by atoms with van der Waals surface area (Å²) in [6, 6.07) is 5.76. The van der Waals surface area contributed by atoms with Crippen LogP contribution in [0.1, 0.15) is 23.3 Å². The molecule has 1 aromatic carbocycles. The highest BCUT2D eigenvalue weighted by atomic mass is 32.1. The van der Waals surface area contributed by atoms with E-state index in [1.54, 1.807) is 12.1 Å². The third-order valence-corrected chi connectivity index (χ3v) is 4.46. The molecule has 1 aromatic heterocycles. The van der Waals surface area contributed by atoms with Gasteiger partial charge in [0.15, 0.2) is 5.13 Å². The van der Waals surface area contributed by atoms with Gasteiger partial charge in [-0.05, 0) is 30.5 Å². The third-order valence-electron chi connectivity index (χ3n) is 3.53. The highest BCUT2D eigenvalue weighted by molar-refractivity contribution is 7.19. The van der Waals surface area contributed by atoms with E-state index in [1.165, 1.54) is 17.0 Å². The minimum absolute atomic E-state index is 0.0130. The molecule has 0 atom stereocenters. The molecule has 1 heterocycles. The van der Waals surface area contributed by atoms with Gasteiger partial charge in [0.1, 0.15) is 11.5 Å². The summed E-state index contributed by atoms with van der Waals surface area (Å²) in [5.41, 5.74) is 11.8. The molecule has 2 aromatic rings. The zero-order valence-corrected chi connectivity index (χ0v) is 13.0. The molecular formula is C15H15FN4O2S. The maximum atomic E-state index is 13.1. The highest BCUT2D eigenvalue weighted by Gasteiger charge is 2.36. The van der Waals surface area contributed by atoms with Crippen molar-refractivity contribution in [3.8, 4) is 10.4 Å². The molecular weight excluding hydrogens is 319 g/mol. The first-order chi connectivity index (χ1) is 11.0. The number of carbonyl (C=O) groups is 2. The second-order valence-electron chi connectivity index (χ2n) is 5.37. The Labute approximate surface area is 135 Å². The number of nitrogens with two attached hydrogens (primary N) is 2. The first-order valence-corrected chi connectivity index (χ1v) is 7.89. The van der Waals surface area contributed by atoms with Gasteiger partial charge in [-0.25, -0.2) is 9.37 Å². The van der Waals surface area contributed by atoms with Crippen LogP contribution in [0.4, 0.5) is 9.52 Å². The van der Waals surface area contributed by atoms with Crippen LogP contribution in [0.3, 0.4) is 0 Å². The molecule has 120 valence electrons. The monoisotopic (exact) mass is 334 g/mol. The summed E-state index contributed by atoms with van der Waals surface area (Å²) in [4.78, 5) is 30.1. The van der Waals surface area contributed by atoms with Crippen LogP contribution in [0.25, 0.3) is 10.4 Å². The minimum Gasteiger partial charge on any atom is -0.375 e. The van der Waals surface area contributed by atoms with Crippen LogP contribution < -0.4 is 11.5 Å². The molecule has 2 amide bonds. The number of hydrogen-bond donors (Lipinski definition) is 2. The lowest BCUT2D eigenvalue weighted by molar-refractivity contribution is -0.118. The van der Waals surface area contributed by atoms with Gasteiger partial charge >= 0.3 is 0 Å². The molecule has 0 spiro atoms. The maximum Gasteiger partial charge on any atom is 0.274 e. The van der Waals surface area contributed by atoms with E-state index < -0.39 is 5.91 Å². The van der Waals surface area contributed by atoms with Crippen molar-refractivity contribution >= 4 is 28.3 Å². The van der Waals surface area contributed by atoms with Gasteiger partial charge in [-0.15, -0.1) is 0 Å². The molecule has 3 rings (SSSR count). The quantitative estimate of drug-likeness (QED) is 0.867. The molecule has 0 saturated heterocycles. The van der Waals surface area contributed by atoms with Gasteiger partial charge in [0.2, 0.25) is 5.91 Å². The van der Waals surface area contributed by atoms with E-state index in [-0.39, 0.29) is 35.1 Å². The largest absolute Gasteiger partial charge is 0.375 e. The number of halogens is 1. The molecule has 1 aliphatic carbocycles. The van der Waals surface area contributed by atoms with Crippen molar-refractivity contribution in [3.63, 3.8) is 0 Å². The lowest BCUT2D eigenvalue weighted by Crippen LogP contribution is -2.40. The van der Waals surface area contributed by atoms with E-state index in [0.717, 1.165) is 24.2 Å². The van der Waals surface area contributed by atoms with Gasteiger partial charge in [-0.2, -0.15) is 0 Å². The molecule has 8 heteroatoms. The van der Waals surface area contributed by atoms with E-state index in [0.29, 0.717) is 10.4 Å². The Balaban J connectivity index is 1.97. The number of aromatic nitrogens is 1. The molecule has 4 N–H and O–H groups in total. The SMILES string of the molecule is NC(=O)CN(C(=O)c1nc(N)sc1-c1ccc(F)cc1)C1CC1. The summed E-state index contributed by atoms with van der Waals surface area (Å²) in [5, 5.41) is 0.238. The van der Waals surface area contributed by atoms with Crippen molar-refractivity contribution in [2.75, 3.05) is 12.3 Å². The second kappa shape index (κ2) is 5.96. The average molecular weight is 334 g/mol. The van der Waals surface area contributed by atoms with Crippen LogP contribution in [0.15, 0.2) is 24.3 Å². The summed E-state index contributed by atoms with van der Waals surface area (Å²) >= 11 is 1.15. The van der Waals surface area contributed by atoms with Crippen molar-refractivity contribution < 1.29 is 14.0 Å². The summed E-state index contributed by atoms with van der Waals surface area (Å²) in [5.74, 6) is -1.32. The van der Waals surface area contributed by atoms with E-state index in [4.69, 9.17) is 11.5 Å². The normalized spacial score (nSPS) is 13.8. The van der Waals surface area contributed by atoms with Crippen molar-refractivity contribution in [2.45, 2.75) is 18.9 Å². The van der Waals surface area contributed by atoms with Gasteiger partial charge in [0.05, 0.1) is 11.4 Å². The van der Waals surface area contributed by atoms with Gasteiger partial charge < -0.3 is 16.4 Å². The zero-order chi connectivity index (χ0) is 16.6. The van der Waals surface area contributed by atoms with Crippen LogP contribution in [0, 0.1) is 5.82 Å². The minimum atomic E-state index is -0.572. The Morgan fingerprint density at radius 2 is 1.96 bits per heavy atom. The Morgan fingerprint density at radius 1 is 1.30 bits per heavy atom. The average Bonchev–Trinajstić information content (AvgIpc) is 3.27. The molecule has 1 aliphatic rings. The topological polar surface area (TPSA) is 102 Å². The van der Waals surface area contributed by atoms with Gasteiger partial charge in [0, 0.05) is 6.04 Å². The predicted molar refractivity (Wildman–Crippen MR) is 85.2 cm³/mol. The summed E-state index contributed by atoms with van der Waals surface area (Å²) in [7, 11) is 0. The number of primary amides is 1. The van der Waals surface area contributed by atoms with E-state index in [2.05, 4.69) is 4.98 Å². The molecule has 0 bridgehead atoms. The number of anilines is 1. The predicted octanol–water partition coefficient (Wildman–Crippen LogP) is 1.62. The van der Waals surface area contributed by atoms with Crippen LogP contribution in [-0.4, -0.2) is 34.3 Å². The smallest absolute Gasteiger partial charge is 0.274 e. The first kappa shape index (κ1) is 15.4. The molecule has 0 unspecified atom stereocenters. The fourth-order valence-electron chi connectivity index (χ4n) is 2.34. The number of nitrogens with zero attached hydrogens (tertiary/aromatic N) is 2. The van der Waals surface area contributed by atoms with E-state index in [9.17, 15) is 14.0 Å². The lowest BCUT2D eigenvalue weighted by atomic mass is 10.1. The van der Waals surface area contributed by atoms with Crippen molar-refractivity contribution in [1.82, 2.24) is 9.88 Å². The Hall–Kier alpha value is -2.48. The van der Waals surface area contributed by atoms with Crippen molar-refractivity contribution in [3.05, 3.63) is 35.8 Å². The number of hydrogen-bond acceptors (Lipinski definition) is 5. The fourth-order valence-corrected chi connectivity index (χ4v) is 3.17. The highest BCUT2D eigenvalue weighted by Crippen LogP contribution is 2.35. The third kappa shape index (κ3) is 3.31. The number of benzene rings is 1. The molecule has 0 aliphatic heterocycles. The van der Waals surface area contributed by atoms with Crippen LogP contribution in [0.5, 0.6) is 0 Å². The summed E-state index contributed by atoms with van der Waals surface area (Å²) in [6.45, 7) is -0.149. The Kier molecular flexibility index (Phi) is 3.99. The molecule has 6 nitrogen and oxygen atoms in total. The summed E-state index contributed by atoms with van der Waals surface area (Å²) < 4.78 is 13.1. The summed E-state index contributed by atoms with van der Waals surface area (Å²) in [6.07, 6.45) is 1.68. The lowest BCUT2D eigenvalue weighted by Gasteiger charge is -2.20. The van der Waals surface area contributed by atoms with Crippen molar-refractivity contribution in [1.29, 1.82) is 0 Å². The Morgan fingerprint density at radius 3 is 2.52 bits per heavy atom. The number of thiazole rings is 1. The first-order valence-electron chi connectivity index (χ1n) is 7.07. The number of nitrogen functional groups attached to an aromatic ring is 1. The van der Waals surface area contributed by atoms with E-state index in [1.807, 2.05) is 0 Å². The number of carbonyl (C=O) groups excluding carboxylic acids is 2. The molecule has 1 fully saturated rings. The van der Waals surface area contributed by atoms with Crippen LogP contribution in [0.2, 0.25) is 0 Å². The second-order valence-corrected chi connectivity index (χ2v) is 6.40. The van der Waals surface area contributed by atoms with Gasteiger partial charge in [0.25, 0.3) is 5.91 Å². The number of amides is 2. The Bertz CT molecular complexity index is 755. The van der Waals surface area contributed by atoms with Crippen molar-refractivity contribution in [2.24, 2.45) is 5.73 Å². The maximum absolute atomic E-state index is 13.1. The van der Waals surface area contributed by atoms with Crippen LogP contribution in [-0.2, 0) is 4.79 Å².